The predicted molar refractivity (Wildman–Crippen MR) is 72.0 cm³/mol. The lowest BCUT2D eigenvalue weighted by molar-refractivity contribution is -0.144. The molecule has 0 bridgehead atoms. The zero-order chi connectivity index (χ0) is 17.5. The number of hydrogen-bond donors (Lipinski definition) is 0. The van der Waals surface area contributed by atoms with Gasteiger partial charge in [0.25, 0.3) is 5.56 Å². The van der Waals surface area contributed by atoms with E-state index >= 15 is 0 Å². The number of hydrogen-bond acceptors (Lipinski definition) is 3. The molecular weight excluding hydrogens is 342 g/mol. The van der Waals surface area contributed by atoms with E-state index in [9.17, 15) is 27.2 Å². The molecule has 0 radical (unpaired) electrons. The number of alkyl halides is 3. The van der Waals surface area contributed by atoms with Gasteiger partial charge >= 0.3 is 11.9 Å². The highest BCUT2D eigenvalue weighted by Gasteiger charge is 2.35. The zero-order valence-electron chi connectivity index (χ0n) is 11.3. The third kappa shape index (κ3) is 2.85. The van der Waals surface area contributed by atoms with Gasteiger partial charge in [-0.15, -0.1) is 0 Å². The standard InChI is InChI=1S/C13H6ClF4N3O2/c1-20-10(13(16,17)18)4-11(22)21(12(20)23)9-2-6(5-19)7(14)3-8(9)15/h2-4H,1H3. The molecule has 0 amide bonds. The third-order valence-electron chi connectivity index (χ3n) is 3.01. The molecule has 5 nitrogen and oxygen atoms in total. The van der Waals surface area contributed by atoms with Crippen molar-refractivity contribution in [3.05, 3.63) is 61.1 Å². The summed E-state index contributed by atoms with van der Waals surface area (Å²) in [6.07, 6.45) is -4.93. The Bertz CT molecular complexity index is 954. The van der Waals surface area contributed by atoms with Crippen LogP contribution in [0.1, 0.15) is 11.3 Å². The Kier molecular flexibility index (Phi) is 4.05. The minimum absolute atomic E-state index is 0.168. The van der Waals surface area contributed by atoms with Crippen molar-refractivity contribution >= 4 is 11.6 Å². The summed E-state index contributed by atoms with van der Waals surface area (Å²) in [5.41, 5.74) is -5.17. The third-order valence-corrected chi connectivity index (χ3v) is 3.32. The van der Waals surface area contributed by atoms with E-state index in [0.717, 1.165) is 13.1 Å². The Hall–Kier alpha value is -2.60. The van der Waals surface area contributed by atoms with Crippen LogP contribution < -0.4 is 11.2 Å². The first-order chi connectivity index (χ1) is 10.6. The average molecular weight is 348 g/mol. The molecule has 0 aliphatic carbocycles. The molecule has 1 aromatic heterocycles. The topological polar surface area (TPSA) is 67.8 Å². The van der Waals surface area contributed by atoms with Crippen LogP contribution >= 0.6 is 11.6 Å². The van der Waals surface area contributed by atoms with Gasteiger partial charge in [-0.2, -0.15) is 18.4 Å². The van der Waals surface area contributed by atoms with Crippen LogP contribution in [0, 0.1) is 17.1 Å². The Morgan fingerprint density at radius 1 is 1.22 bits per heavy atom. The van der Waals surface area contributed by atoms with Crippen molar-refractivity contribution in [2.75, 3.05) is 0 Å². The smallest absolute Gasteiger partial charge is 0.292 e. The Morgan fingerprint density at radius 2 is 1.83 bits per heavy atom. The first-order valence-electron chi connectivity index (χ1n) is 5.87. The lowest BCUT2D eigenvalue weighted by Crippen LogP contribution is -2.41. The number of nitriles is 1. The maximum atomic E-state index is 14.0. The Balaban J connectivity index is 2.88. The van der Waals surface area contributed by atoms with Crippen molar-refractivity contribution < 1.29 is 17.6 Å². The highest BCUT2D eigenvalue weighted by molar-refractivity contribution is 6.31. The van der Waals surface area contributed by atoms with Crippen LogP contribution in [0.3, 0.4) is 0 Å². The molecule has 0 saturated heterocycles. The van der Waals surface area contributed by atoms with Gasteiger partial charge in [0.1, 0.15) is 17.6 Å². The van der Waals surface area contributed by atoms with Gasteiger partial charge in [-0.3, -0.25) is 9.36 Å². The lowest BCUT2D eigenvalue weighted by atomic mass is 10.2. The second kappa shape index (κ2) is 5.55. The molecule has 0 saturated carbocycles. The van der Waals surface area contributed by atoms with Crippen LogP contribution in [0.15, 0.2) is 27.8 Å². The van der Waals surface area contributed by atoms with Crippen molar-refractivity contribution in [2.45, 2.75) is 6.18 Å². The molecule has 0 N–H and O–H groups in total. The molecule has 0 aliphatic heterocycles. The monoisotopic (exact) mass is 347 g/mol. The predicted octanol–water partition coefficient (Wildman–Crippen LogP) is 2.22. The molecule has 0 atom stereocenters. The Labute approximate surface area is 130 Å². The van der Waals surface area contributed by atoms with Crippen LogP contribution in [0.4, 0.5) is 17.6 Å². The fourth-order valence-electron chi connectivity index (χ4n) is 1.91. The fourth-order valence-corrected chi connectivity index (χ4v) is 2.11. The van der Waals surface area contributed by atoms with Gasteiger partial charge in [0.15, 0.2) is 0 Å². The quantitative estimate of drug-likeness (QED) is 0.743. The number of benzene rings is 1. The molecular formula is C13H6ClF4N3O2. The van der Waals surface area contributed by atoms with Gasteiger partial charge in [-0.25, -0.2) is 13.8 Å². The van der Waals surface area contributed by atoms with Crippen LogP contribution in [-0.2, 0) is 13.2 Å². The summed E-state index contributed by atoms with van der Waals surface area (Å²) < 4.78 is 52.6. The second-order valence-electron chi connectivity index (χ2n) is 4.44. The number of rotatable bonds is 1. The summed E-state index contributed by atoms with van der Waals surface area (Å²) in [6.45, 7) is 0. The average Bonchev–Trinajstić information content (AvgIpc) is 2.44. The summed E-state index contributed by atoms with van der Waals surface area (Å²) in [4.78, 5) is 23.9. The van der Waals surface area contributed by atoms with Crippen molar-refractivity contribution in [2.24, 2.45) is 7.05 Å². The Morgan fingerprint density at radius 3 is 2.35 bits per heavy atom. The first kappa shape index (κ1) is 16.8. The van der Waals surface area contributed by atoms with Gasteiger partial charge in [-0.1, -0.05) is 11.6 Å². The second-order valence-corrected chi connectivity index (χ2v) is 4.85. The molecule has 0 unspecified atom stereocenters. The van der Waals surface area contributed by atoms with E-state index in [1.807, 2.05) is 0 Å². The van der Waals surface area contributed by atoms with Crippen LogP contribution in [-0.4, -0.2) is 9.13 Å². The van der Waals surface area contributed by atoms with Gasteiger partial charge < -0.3 is 0 Å². The van der Waals surface area contributed by atoms with Gasteiger partial charge in [0, 0.05) is 13.1 Å². The van der Waals surface area contributed by atoms with E-state index in [4.69, 9.17) is 16.9 Å². The normalized spacial score (nSPS) is 11.3. The maximum absolute atomic E-state index is 14.0. The highest BCUT2D eigenvalue weighted by atomic mass is 35.5. The first-order valence-corrected chi connectivity index (χ1v) is 6.25. The molecule has 2 rings (SSSR count). The lowest BCUT2D eigenvalue weighted by Gasteiger charge is -2.14. The maximum Gasteiger partial charge on any atom is 0.431 e. The molecule has 23 heavy (non-hydrogen) atoms. The zero-order valence-corrected chi connectivity index (χ0v) is 12.0. The van der Waals surface area contributed by atoms with Crippen molar-refractivity contribution in [1.29, 1.82) is 5.26 Å². The highest BCUT2D eigenvalue weighted by Crippen LogP contribution is 2.27. The van der Waals surface area contributed by atoms with E-state index in [1.54, 1.807) is 6.07 Å². The molecule has 1 aromatic carbocycles. The van der Waals surface area contributed by atoms with E-state index in [-0.39, 0.29) is 25.8 Å². The molecule has 2 aromatic rings. The fraction of sp³-hybridized carbons (Fsp3) is 0.154. The summed E-state index contributed by atoms with van der Waals surface area (Å²) in [5.74, 6) is -1.13. The summed E-state index contributed by atoms with van der Waals surface area (Å²) in [6, 6.07) is 3.29. The molecule has 0 spiro atoms. The van der Waals surface area contributed by atoms with Gasteiger partial charge in [0.2, 0.25) is 0 Å². The van der Waals surface area contributed by atoms with E-state index in [1.165, 1.54) is 0 Å². The van der Waals surface area contributed by atoms with Crippen molar-refractivity contribution in [1.82, 2.24) is 9.13 Å². The molecule has 120 valence electrons. The molecule has 1 heterocycles. The van der Waals surface area contributed by atoms with Crippen molar-refractivity contribution in [3.63, 3.8) is 0 Å². The molecule has 0 aliphatic rings. The van der Waals surface area contributed by atoms with Crippen molar-refractivity contribution in [3.8, 4) is 11.8 Å². The SMILES string of the molecule is Cn1c(C(F)(F)F)cc(=O)n(-c2cc(C#N)c(Cl)cc2F)c1=O. The number of aromatic nitrogens is 2. The summed E-state index contributed by atoms with van der Waals surface area (Å²) in [5, 5.41) is 8.59. The van der Waals surface area contributed by atoms with Gasteiger partial charge in [-0.05, 0) is 12.1 Å². The van der Waals surface area contributed by atoms with Gasteiger partial charge in [0.05, 0.1) is 16.3 Å². The minimum atomic E-state index is -4.93. The molecule has 0 fully saturated rings. The van der Waals surface area contributed by atoms with E-state index < -0.39 is 34.6 Å². The van der Waals surface area contributed by atoms with E-state index in [0.29, 0.717) is 6.07 Å². The molecule has 10 heteroatoms. The summed E-state index contributed by atoms with van der Waals surface area (Å²) >= 11 is 5.60. The minimum Gasteiger partial charge on any atom is -0.292 e. The largest absolute Gasteiger partial charge is 0.431 e. The number of halogens is 5. The van der Waals surface area contributed by atoms with E-state index in [2.05, 4.69) is 0 Å². The van der Waals surface area contributed by atoms with Crippen LogP contribution in [0.5, 0.6) is 0 Å². The van der Waals surface area contributed by atoms with Crippen LogP contribution in [0.25, 0.3) is 5.69 Å². The summed E-state index contributed by atoms with van der Waals surface area (Å²) in [7, 11) is 0.792. The van der Waals surface area contributed by atoms with Crippen LogP contribution in [0.2, 0.25) is 5.02 Å². The number of nitrogens with zero attached hydrogens (tertiary/aromatic N) is 3.